The molecule has 2 heterocycles. The SMILES string of the molecule is CC(=O)N1CCOC[C@@H]1C(=O)N1CCC(=Cc2ccccc2)CC1. The molecule has 2 aliphatic rings. The molecular formula is C19H24N2O3. The number of carbonyl (C=O) groups excluding carboxylic acids is 2. The maximum absolute atomic E-state index is 12.8. The lowest BCUT2D eigenvalue weighted by Crippen LogP contribution is -2.57. The van der Waals surface area contributed by atoms with Gasteiger partial charge in [-0.05, 0) is 18.4 Å². The zero-order chi connectivity index (χ0) is 16.9. The number of piperidine rings is 1. The predicted octanol–water partition coefficient (Wildman–Crippen LogP) is 1.94. The van der Waals surface area contributed by atoms with Crippen LogP contribution in [0.5, 0.6) is 0 Å². The van der Waals surface area contributed by atoms with Gasteiger partial charge in [-0.2, -0.15) is 0 Å². The van der Waals surface area contributed by atoms with Crippen molar-refractivity contribution in [3.63, 3.8) is 0 Å². The molecule has 0 radical (unpaired) electrons. The average Bonchev–Trinajstić information content (AvgIpc) is 2.62. The van der Waals surface area contributed by atoms with Crippen molar-refractivity contribution >= 4 is 17.9 Å². The van der Waals surface area contributed by atoms with Crippen molar-refractivity contribution in [2.45, 2.75) is 25.8 Å². The van der Waals surface area contributed by atoms with E-state index < -0.39 is 6.04 Å². The van der Waals surface area contributed by atoms with Crippen LogP contribution in [0.2, 0.25) is 0 Å². The summed E-state index contributed by atoms with van der Waals surface area (Å²) in [7, 11) is 0. The molecule has 1 aromatic carbocycles. The van der Waals surface area contributed by atoms with Gasteiger partial charge in [0.1, 0.15) is 6.04 Å². The van der Waals surface area contributed by atoms with Gasteiger partial charge >= 0.3 is 0 Å². The second-order valence-corrected chi connectivity index (χ2v) is 6.34. The normalized spacial score (nSPS) is 21.5. The molecule has 2 saturated heterocycles. The van der Waals surface area contributed by atoms with Crippen LogP contribution in [-0.2, 0) is 14.3 Å². The fraction of sp³-hybridized carbons (Fsp3) is 0.474. The topological polar surface area (TPSA) is 49.9 Å². The van der Waals surface area contributed by atoms with Gasteiger partial charge in [0.15, 0.2) is 0 Å². The number of ether oxygens (including phenoxy) is 1. The molecule has 24 heavy (non-hydrogen) atoms. The van der Waals surface area contributed by atoms with E-state index in [4.69, 9.17) is 4.74 Å². The van der Waals surface area contributed by atoms with E-state index in [0.29, 0.717) is 32.8 Å². The summed E-state index contributed by atoms with van der Waals surface area (Å²) in [5, 5.41) is 0. The van der Waals surface area contributed by atoms with Gasteiger partial charge in [-0.25, -0.2) is 0 Å². The summed E-state index contributed by atoms with van der Waals surface area (Å²) >= 11 is 0. The Hall–Kier alpha value is -2.14. The minimum absolute atomic E-state index is 0.0173. The number of benzene rings is 1. The lowest BCUT2D eigenvalue weighted by Gasteiger charge is -2.38. The third-order valence-electron chi connectivity index (χ3n) is 4.71. The van der Waals surface area contributed by atoms with E-state index in [0.717, 1.165) is 12.8 Å². The van der Waals surface area contributed by atoms with Gasteiger partial charge in [-0.15, -0.1) is 0 Å². The molecule has 0 bridgehead atoms. The Labute approximate surface area is 142 Å². The number of nitrogens with zero attached hydrogens (tertiary/aromatic N) is 2. The lowest BCUT2D eigenvalue weighted by atomic mass is 10.00. The maximum atomic E-state index is 12.8. The molecule has 0 N–H and O–H groups in total. The van der Waals surface area contributed by atoms with Gasteiger partial charge in [-0.1, -0.05) is 42.0 Å². The monoisotopic (exact) mass is 328 g/mol. The van der Waals surface area contributed by atoms with E-state index >= 15 is 0 Å². The fourth-order valence-corrected chi connectivity index (χ4v) is 3.34. The molecule has 5 nitrogen and oxygen atoms in total. The van der Waals surface area contributed by atoms with Crippen molar-refractivity contribution in [2.24, 2.45) is 0 Å². The number of hydrogen-bond donors (Lipinski definition) is 0. The van der Waals surface area contributed by atoms with Crippen molar-refractivity contribution in [3.8, 4) is 0 Å². The number of rotatable bonds is 2. The summed E-state index contributed by atoms with van der Waals surface area (Å²) in [5.74, 6) is -0.0398. The quantitative estimate of drug-likeness (QED) is 0.834. The Morgan fingerprint density at radius 1 is 1.12 bits per heavy atom. The fourth-order valence-electron chi connectivity index (χ4n) is 3.34. The molecule has 0 aliphatic carbocycles. The number of hydrogen-bond acceptors (Lipinski definition) is 3. The minimum Gasteiger partial charge on any atom is -0.377 e. The van der Waals surface area contributed by atoms with E-state index in [1.54, 1.807) is 4.90 Å². The first-order valence-corrected chi connectivity index (χ1v) is 8.53. The standard InChI is InChI=1S/C19H24N2O3/c1-15(22)21-11-12-24-14-18(21)19(23)20-9-7-17(8-10-20)13-16-5-3-2-4-6-16/h2-6,13,18H,7-12,14H2,1H3/t18-/m1/s1. The summed E-state index contributed by atoms with van der Waals surface area (Å²) in [4.78, 5) is 28.0. The smallest absolute Gasteiger partial charge is 0.247 e. The molecule has 0 saturated carbocycles. The van der Waals surface area contributed by atoms with E-state index in [2.05, 4.69) is 18.2 Å². The molecule has 2 aliphatic heterocycles. The van der Waals surface area contributed by atoms with Crippen molar-refractivity contribution < 1.29 is 14.3 Å². The van der Waals surface area contributed by atoms with Crippen LogP contribution < -0.4 is 0 Å². The molecule has 5 heteroatoms. The highest BCUT2D eigenvalue weighted by molar-refractivity contribution is 5.87. The van der Waals surface area contributed by atoms with Crippen molar-refractivity contribution in [1.82, 2.24) is 9.80 Å². The molecule has 0 spiro atoms. The second-order valence-electron chi connectivity index (χ2n) is 6.34. The summed E-state index contributed by atoms with van der Waals surface area (Å²) in [6.07, 6.45) is 3.98. The van der Waals surface area contributed by atoms with Crippen molar-refractivity contribution in [3.05, 3.63) is 41.5 Å². The summed E-state index contributed by atoms with van der Waals surface area (Å²) in [6, 6.07) is 9.80. The molecule has 128 valence electrons. The Bertz CT molecular complexity index is 617. The third kappa shape index (κ3) is 3.85. The van der Waals surface area contributed by atoms with Gasteiger partial charge in [0.2, 0.25) is 11.8 Å². The van der Waals surface area contributed by atoms with E-state index in [1.807, 2.05) is 23.1 Å². The van der Waals surface area contributed by atoms with E-state index in [-0.39, 0.29) is 11.8 Å². The van der Waals surface area contributed by atoms with Gasteiger partial charge in [0.25, 0.3) is 0 Å². The summed E-state index contributed by atoms with van der Waals surface area (Å²) in [6.45, 7) is 4.25. The van der Waals surface area contributed by atoms with Crippen LogP contribution in [0.3, 0.4) is 0 Å². The first-order chi connectivity index (χ1) is 11.6. The highest BCUT2D eigenvalue weighted by Crippen LogP contribution is 2.21. The molecule has 1 atom stereocenters. The Morgan fingerprint density at radius 3 is 2.50 bits per heavy atom. The Balaban J connectivity index is 1.60. The molecule has 2 amide bonds. The first-order valence-electron chi connectivity index (χ1n) is 8.53. The lowest BCUT2D eigenvalue weighted by molar-refractivity contribution is -0.153. The molecule has 0 aromatic heterocycles. The predicted molar refractivity (Wildman–Crippen MR) is 92.2 cm³/mol. The van der Waals surface area contributed by atoms with Crippen LogP contribution in [0.1, 0.15) is 25.3 Å². The zero-order valence-electron chi connectivity index (χ0n) is 14.1. The van der Waals surface area contributed by atoms with Gasteiger partial charge in [0, 0.05) is 26.6 Å². The highest BCUT2D eigenvalue weighted by atomic mass is 16.5. The molecular weight excluding hydrogens is 304 g/mol. The maximum Gasteiger partial charge on any atom is 0.247 e. The van der Waals surface area contributed by atoms with Crippen LogP contribution in [0, 0.1) is 0 Å². The summed E-state index contributed by atoms with van der Waals surface area (Å²) in [5.41, 5.74) is 2.57. The molecule has 3 rings (SSSR count). The Morgan fingerprint density at radius 2 is 1.83 bits per heavy atom. The number of amides is 2. The Kier molecular flexibility index (Phi) is 5.30. The largest absolute Gasteiger partial charge is 0.377 e. The average molecular weight is 328 g/mol. The van der Waals surface area contributed by atoms with Crippen molar-refractivity contribution in [1.29, 1.82) is 0 Å². The molecule has 0 unspecified atom stereocenters. The first kappa shape index (κ1) is 16.7. The highest BCUT2D eigenvalue weighted by Gasteiger charge is 2.34. The minimum atomic E-state index is -0.462. The van der Waals surface area contributed by atoms with Crippen LogP contribution in [-0.4, -0.2) is 60.5 Å². The van der Waals surface area contributed by atoms with Crippen LogP contribution in [0.4, 0.5) is 0 Å². The molecule has 1 aromatic rings. The third-order valence-corrected chi connectivity index (χ3v) is 4.71. The summed E-state index contributed by atoms with van der Waals surface area (Å²) < 4.78 is 5.42. The van der Waals surface area contributed by atoms with Crippen LogP contribution in [0.15, 0.2) is 35.9 Å². The van der Waals surface area contributed by atoms with E-state index in [1.165, 1.54) is 18.1 Å². The van der Waals surface area contributed by atoms with Gasteiger partial charge in [-0.3, -0.25) is 9.59 Å². The number of likely N-dealkylation sites (tertiary alicyclic amines) is 1. The van der Waals surface area contributed by atoms with Crippen LogP contribution >= 0.6 is 0 Å². The van der Waals surface area contributed by atoms with E-state index in [9.17, 15) is 9.59 Å². The number of morpholine rings is 1. The van der Waals surface area contributed by atoms with Gasteiger partial charge < -0.3 is 14.5 Å². The number of carbonyl (C=O) groups is 2. The second kappa shape index (κ2) is 7.62. The van der Waals surface area contributed by atoms with Crippen LogP contribution in [0.25, 0.3) is 6.08 Å². The van der Waals surface area contributed by atoms with Crippen molar-refractivity contribution in [2.75, 3.05) is 32.8 Å². The van der Waals surface area contributed by atoms with Gasteiger partial charge in [0.05, 0.1) is 13.2 Å². The zero-order valence-corrected chi connectivity index (χ0v) is 14.1. The molecule has 2 fully saturated rings.